The molecule has 8 nitrogen and oxygen atoms in total. The number of fused-ring (bicyclic) bond motifs is 1. The third-order valence-electron chi connectivity index (χ3n) is 7.11. The Labute approximate surface area is 224 Å². The van der Waals surface area contributed by atoms with Crippen molar-refractivity contribution in [1.82, 2.24) is 4.98 Å². The van der Waals surface area contributed by atoms with E-state index in [1.165, 1.54) is 0 Å². The number of benzene rings is 2. The van der Waals surface area contributed by atoms with Gasteiger partial charge in [-0.25, -0.2) is 4.98 Å². The highest BCUT2D eigenvalue weighted by Crippen LogP contribution is 2.46. The first-order valence-corrected chi connectivity index (χ1v) is 13.2. The Bertz CT molecular complexity index is 1300. The van der Waals surface area contributed by atoms with Gasteiger partial charge >= 0.3 is 0 Å². The molecule has 1 aromatic heterocycles. The molecular weight excluding hydrogens is 484 g/mol. The highest BCUT2D eigenvalue weighted by molar-refractivity contribution is 6.15. The average Bonchev–Trinajstić information content (AvgIpc) is 2.96. The van der Waals surface area contributed by atoms with Crippen molar-refractivity contribution in [1.29, 1.82) is 0 Å². The number of ether oxygens (including phenoxy) is 5. The van der Waals surface area contributed by atoms with Gasteiger partial charge in [0.25, 0.3) is 0 Å². The van der Waals surface area contributed by atoms with E-state index < -0.39 is 0 Å². The van der Waals surface area contributed by atoms with Gasteiger partial charge < -0.3 is 28.6 Å². The van der Waals surface area contributed by atoms with Crippen LogP contribution < -0.4 is 23.8 Å². The van der Waals surface area contributed by atoms with E-state index in [4.69, 9.17) is 28.7 Å². The van der Waals surface area contributed by atoms with Crippen molar-refractivity contribution in [2.75, 3.05) is 59.6 Å². The van der Waals surface area contributed by atoms with Gasteiger partial charge in [0, 0.05) is 42.1 Å². The summed E-state index contributed by atoms with van der Waals surface area (Å²) in [5.41, 5.74) is 3.88. The van der Waals surface area contributed by atoms with Gasteiger partial charge in [0.15, 0.2) is 28.8 Å². The lowest BCUT2D eigenvalue weighted by Crippen LogP contribution is -2.38. The van der Waals surface area contributed by atoms with Crippen molar-refractivity contribution in [3.63, 3.8) is 0 Å². The van der Waals surface area contributed by atoms with E-state index in [0.29, 0.717) is 67.1 Å². The molecule has 204 valence electrons. The monoisotopic (exact) mass is 522 g/mol. The normalized spacial score (nSPS) is 13.5. The fourth-order valence-corrected chi connectivity index (χ4v) is 5.18. The molecule has 0 saturated carbocycles. The second-order valence-electron chi connectivity index (χ2n) is 9.37. The molecule has 2 heterocycles. The van der Waals surface area contributed by atoms with Crippen LogP contribution in [0.2, 0.25) is 0 Å². The van der Waals surface area contributed by atoms with Crippen LogP contribution in [0.1, 0.15) is 48.5 Å². The second kappa shape index (κ2) is 12.3. The minimum Gasteiger partial charge on any atom is -0.493 e. The molecule has 2 aromatic carbocycles. The summed E-state index contributed by atoms with van der Waals surface area (Å²) in [5, 5.41) is 0.853. The Balaban J connectivity index is 2.12. The van der Waals surface area contributed by atoms with Crippen LogP contribution >= 0.6 is 0 Å². The Hall–Kier alpha value is -3.52. The van der Waals surface area contributed by atoms with E-state index in [1.54, 1.807) is 28.4 Å². The van der Waals surface area contributed by atoms with Gasteiger partial charge in [0.05, 0.1) is 52.7 Å². The van der Waals surface area contributed by atoms with Crippen LogP contribution in [-0.2, 0) is 4.74 Å². The number of unbranched alkanes of at least 4 members (excludes halogenated alkanes) is 2. The summed E-state index contributed by atoms with van der Waals surface area (Å²) < 4.78 is 28.2. The zero-order chi connectivity index (χ0) is 27.2. The maximum atomic E-state index is 14.1. The van der Waals surface area contributed by atoms with Crippen LogP contribution in [0.3, 0.4) is 0 Å². The predicted octanol–water partition coefficient (Wildman–Crippen LogP) is 5.84. The van der Waals surface area contributed by atoms with Crippen molar-refractivity contribution < 1.29 is 28.5 Å². The number of carbonyl (C=O) groups excluding carboxylic acids is 1. The number of aryl methyl sites for hydroxylation is 1. The first kappa shape index (κ1) is 27.5. The van der Waals surface area contributed by atoms with E-state index in [9.17, 15) is 4.79 Å². The fraction of sp³-hybridized carbons (Fsp3) is 0.467. The number of hydrogen-bond donors (Lipinski definition) is 0. The molecule has 0 spiro atoms. The maximum Gasteiger partial charge on any atom is 0.167 e. The largest absolute Gasteiger partial charge is 0.493 e. The van der Waals surface area contributed by atoms with Crippen molar-refractivity contribution in [2.45, 2.75) is 39.5 Å². The predicted molar refractivity (Wildman–Crippen MR) is 150 cm³/mol. The molecule has 38 heavy (non-hydrogen) atoms. The van der Waals surface area contributed by atoms with E-state index in [2.05, 4.69) is 11.8 Å². The van der Waals surface area contributed by atoms with Gasteiger partial charge in [-0.15, -0.1) is 0 Å². The number of pyridine rings is 1. The standard InChI is InChI=1S/C30H38N2O6/c1-7-8-9-10-22(33)28-27(20-11-12-23(34-3)24(17-20)35-4)26-19(2)29(37-6)25(36-5)18-21(26)31-30(28)32-13-15-38-16-14-32/h11-12,17-18H,7-10,13-16H2,1-6H3. The van der Waals surface area contributed by atoms with Gasteiger partial charge in [-0.3, -0.25) is 4.79 Å². The van der Waals surface area contributed by atoms with Gasteiger partial charge in [0.1, 0.15) is 5.82 Å². The summed E-state index contributed by atoms with van der Waals surface area (Å²) in [7, 11) is 6.47. The van der Waals surface area contributed by atoms with Gasteiger partial charge in [-0.05, 0) is 31.0 Å². The van der Waals surface area contributed by atoms with Crippen LogP contribution in [0.15, 0.2) is 24.3 Å². The smallest absolute Gasteiger partial charge is 0.167 e. The number of morpholine rings is 1. The maximum absolute atomic E-state index is 14.1. The summed E-state index contributed by atoms with van der Waals surface area (Å²) >= 11 is 0. The number of Topliss-reactive ketones (excluding diaryl/α,β-unsaturated/α-hetero) is 1. The number of carbonyl (C=O) groups is 1. The molecule has 4 rings (SSSR count). The number of hydrogen-bond acceptors (Lipinski definition) is 8. The Kier molecular flexibility index (Phi) is 8.94. The number of anilines is 1. The SMILES string of the molecule is CCCCCC(=O)c1c(N2CCOCC2)nc2cc(OC)c(OC)c(C)c2c1-c1ccc(OC)c(OC)c1. The molecule has 1 aliphatic heterocycles. The molecule has 0 unspecified atom stereocenters. The van der Waals surface area contributed by atoms with Crippen molar-refractivity contribution >= 4 is 22.5 Å². The minimum atomic E-state index is 0.0771. The lowest BCUT2D eigenvalue weighted by molar-refractivity contribution is 0.0978. The van der Waals surface area contributed by atoms with E-state index in [-0.39, 0.29) is 5.78 Å². The minimum absolute atomic E-state index is 0.0771. The van der Waals surface area contributed by atoms with Gasteiger partial charge in [-0.1, -0.05) is 25.8 Å². The summed E-state index contributed by atoms with van der Waals surface area (Å²) in [5.74, 6) is 3.18. The quantitative estimate of drug-likeness (QED) is 0.229. The third kappa shape index (κ3) is 5.23. The van der Waals surface area contributed by atoms with Crippen molar-refractivity contribution in [3.8, 4) is 34.1 Å². The molecule has 0 aliphatic carbocycles. The first-order chi connectivity index (χ1) is 18.5. The molecular formula is C30H38N2O6. The second-order valence-corrected chi connectivity index (χ2v) is 9.37. The van der Waals surface area contributed by atoms with Gasteiger partial charge in [-0.2, -0.15) is 0 Å². The van der Waals surface area contributed by atoms with Crippen LogP contribution in [0.4, 0.5) is 5.82 Å². The summed E-state index contributed by atoms with van der Waals surface area (Å²) in [6, 6.07) is 7.66. The molecule has 0 N–H and O–H groups in total. The molecule has 8 heteroatoms. The molecule has 0 bridgehead atoms. The molecule has 0 amide bonds. The Morgan fingerprint density at radius 2 is 1.66 bits per heavy atom. The molecule has 1 saturated heterocycles. The molecule has 3 aromatic rings. The highest BCUT2D eigenvalue weighted by atomic mass is 16.5. The summed E-state index contributed by atoms with van der Waals surface area (Å²) in [4.78, 5) is 21.4. The molecule has 1 aliphatic rings. The molecule has 1 fully saturated rings. The van der Waals surface area contributed by atoms with Crippen molar-refractivity contribution in [2.24, 2.45) is 0 Å². The van der Waals surface area contributed by atoms with Crippen LogP contribution in [-0.4, -0.2) is 65.5 Å². The number of nitrogens with zero attached hydrogens (tertiary/aromatic N) is 2. The Morgan fingerprint density at radius 1 is 0.947 bits per heavy atom. The van der Waals surface area contributed by atoms with Crippen LogP contribution in [0, 0.1) is 6.92 Å². The van der Waals surface area contributed by atoms with E-state index >= 15 is 0 Å². The third-order valence-corrected chi connectivity index (χ3v) is 7.11. The van der Waals surface area contributed by atoms with Crippen LogP contribution in [0.5, 0.6) is 23.0 Å². The van der Waals surface area contributed by atoms with Gasteiger partial charge in [0.2, 0.25) is 0 Å². The topological polar surface area (TPSA) is 79.4 Å². The Morgan fingerprint density at radius 3 is 2.29 bits per heavy atom. The molecule has 0 radical (unpaired) electrons. The summed E-state index contributed by atoms with van der Waals surface area (Å²) in [6.07, 6.45) is 3.31. The number of methoxy groups -OCH3 is 4. The fourth-order valence-electron chi connectivity index (χ4n) is 5.18. The molecule has 0 atom stereocenters. The van der Waals surface area contributed by atoms with E-state index in [1.807, 2.05) is 31.2 Å². The summed E-state index contributed by atoms with van der Waals surface area (Å²) in [6.45, 7) is 6.60. The lowest BCUT2D eigenvalue weighted by atomic mass is 9.89. The zero-order valence-electron chi connectivity index (χ0n) is 23.3. The first-order valence-electron chi connectivity index (χ1n) is 13.2. The number of ketones is 1. The average molecular weight is 523 g/mol. The number of aromatic nitrogens is 1. The highest BCUT2D eigenvalue weighted by Gasteiger charge is 2.29. The number of rotatable bonds is 11. The van der Waals surface area contributed by atoms with Crippen LogP contribution in [0.25, 0.3) is 22.0 Å². The van der Waals surface area contributed by atoms with E-state index in [0.717, 1.165) is 46.9 Å². The van der Waals surface area contributed by atoms with Crippen molar-refractivity contribution in [3.05, 3.63) is 35.4 Å². The lowest BCUT2D eigenvalue weighted by Gasteiger charge is -2.31. The zero-order valence-corrected chi connectivity index (χ0v) is 23.3.